The number of furan rings is 1. The molecule has 17 heavy (non-hydrogen) atoms. The number of amides is 1. The normalized spacial score (nSPS) is 24.3. The molecule has 1 aromatic heterocycles. The Kier molecular flexibility index (Phi) is 3.71. The van der Waals surface area contributed by atoms with Gasteiger partial charge in [0.1, 0.15) is 12.2 Å². The lowest BCUT2D eigenvalue weighted by molar-refractivity contribution is -0.00461. The van der Waals surface area contributed by atoms with Gasteiger partial charge in [0.15, 0.2) is 11.0 Å². The molecule has 0 spiro atoms. The highest BCUT2D eigenvalue weighted by Gasteiger charge is 2.36. The molecule has 0 bridgehead atoms. The van der Waals surface area contributed by atoms with E-state index < -0.39 is 0 Å². The lowest BCUT2D eigenvalue weighted by Gasteiger charge is -2.13. The summed E-state index contributed by atoms with van der Waals surface area (Å²) in [6.07, 6.45) is -0.205. The predicted octanol–water partition coefficient (Wildman–Crippen LogP) is 1.42. The third-order valence-electron chi connectivity index (χ3n) is 2.89. The second-order valence-corrected chi connectivity index (χ2v) is 4.23. The lowest BCUT2D eigenvalue weighted by Crippen LogP contribution is -2.29. The van der Waals surface area contributed by atoms with Crippen LogP contribution < -0.4 is 0 Å². The number of hydrogen-bond donors (Lipinski definition) is 0. The molecule has 0 aromatic carbocycles. The standard InChI is InChI=1S/C11H14ClNO4/c1-15-8-5-13(6-9(8)16-2)11(14)7-3-4-10(12)17-7/h3-4,8-9H,5-6H2,1-2H3. The fourth-order valence-electron chi connectivity index (χ4n) is 1.95. The van der Waals surface area contributed by atoms with Crippen LogP contribution in [0.2, 0.25) is 5.22 Å². The molecule has 2 atom stereocenters. The summed E-state index contributed by atoms with van der Waals surface area (Å²) in [4.78, 5) is 13.7. The molecule has 5 nitrogen and oxygen atoms in total. The van der Waals surface area contributed by atoms with Crippen LogP contribution in [0.25, 0.3) is 0 Å². The lowest BCUT2D eigenvalue weighted by atomic mass is 10.3. The van der Waals surface area contributed by atoms with Gasteiger partial charge < -0.3 is 18.8 Å². The van der Waals surface area contributed by atoms with E-state index in [-0.39, 0.29) is 29.1 Å². The first-order chi connectivity index (χ1) is 8.15. The summed E-state index contributed by atoms with van der Waals surface area (Å²) in [6.45, 7) is 0.984. The van der Waals surface area contributed by atoms with Gasteiger partial charge in [-0.05, 0) is 23.7 Å². The Hall–Kier alpha value is -1.04. The minimum absolute atomic E-state index is 0.102. The number of halogens is 1. The Morgan fingerprint density at radius 2 is 1.94 bits per heavy atom. The van der Waals surface area contributed by atoms with E-state index in [9.17, 15) is 4.79 Å². The molecule has 1 aliphatic rings. The second-order valence-electron chi connectivity index (χ2n) is 3.86. The second kappa shape index (κ2) is 5.08. The number of methoxy groups -OCH3 is 2. The van der Waals surface area contributed by atoms with Gasteiger partial charge in [-0.2, -0.15) is 0 Å². The highest BCUT2D eigenvalue weighted by molar-refractivity contribution is 6.29. The monoisotopic (exact) mass is 259 g/mol. The van der Waals surface area contributed by atoms with E-state index in [1.165, 1.54) is 0 Å². The molecule has 0 saturated carbocycles. The molecule has 1 fully saturated rings. The van der Waals surface area contributed by atoms with Crippen LogP contribution in [-0.4, -0.2) is 50.3 Å². The molecule has 2 unspecified atom stereocenters. The summed E-state index contributed by atoms with van der Waals surface area (Å²) < 4.78 is 15.6. The molecular weight excluding hydrogens is 246 g/mol. The summed E-state index contributed by atoms with van der Waals surface area (Å²) >= 11 is 5.64. The van der Waals surface area contributed by atoms with Crippen LogP contribution in [0, 0.1) is 0 Å². The molecule has 2 rings (SSSR count). The van der Waals surface area contributed by atoms with Crippen LogP contribution >= 0.6 is 11.6 Å². The van der Waals surface area contributed by atoms with Crippen molar-refractivity contribution in [2.75, 3.05) is 27.3 Å². The van der Waals surface area contributed by atoms with Crippen LogP contribution in [0.4, 0.5) is 0 Å². The molecular formula is C11H14ClNO4. The van der Waals surface area contributed by atoms with E-state index in [0.717, 1.165) is 0 Å². The molecule has 0 aliphatic carbocycles. The van der Waals surface area contributed by atoms with Crippen LogP contribution in [-0.2, 0) is 9.47 Å². The zero-order chi connectivity index (χ0) is 12.4. The summed E-state index contributed by atoms with van der Waals surface area (Å²) in [5, 5.41) is 0.208. The van der Waals surface area contributed by atoms with E-state index in [1.54, 1.807) is 31.3 Å². The zero-order valence-electron chi connectivity index (χ0n) is 9.68. The topological polar surface area (TPSA) is 51.9 Å². The quantitative estimate of drug-likeness (QED) is 0.824. The van der Waals surface area contributed by atoms with E-state index in [4.69, 9.17) is 25.5 Å². The Balaban J connectivity index is 2.07. The van der Waals surface area contributed by atoms with Gasteiger partial charge in [-0.15, -0.1) is 0 Å². The van der Waals surface area contributed by atoms with Crippen molar-refractivity contribution < 1.29 is 18.7 Å². The third-order valence-corrected chi connectivity index (χ3v) is 3.10. The number of carbonyl (C=O) groups excluding carboxylic acids is 1. The Morgan fingerprint density at radius 3 is 2.35 bits per heavy atom. The molecule has 0 radical (unpaired) electrons. The van der Waals surface area contributed by atoms with E-state index in [2.05, 4.69) is 0 Å². The molecule has 1 saturated heterocycles. The first kappa shape index (κ1) is 12.4. The van der Waals surface area contributed by atoms with Crippen molar-refractivity contribution in [3.63, 3.8) is 0 Å². The van der Waals surface area contributed by atoms with Gasteiger partial charge in [0.05, 0.1) is 0 Å². The highest BCUT2D eigenvalue weighted by atomic mass is 35.5. The fraction of sp³-hybridized carbons (Fsp3) is 0.545. The Bertz CT molecular complexity index is 394. The zero-order valence-corrected chi connectivity index (χ0v) is 10.4. The van der Waals surface area contributed by atoms with Crippen molar-refractivity contribution in [2.24, 2.45) is 0 Å². The highest BCUT2D eigenvalue weighted by Crippen LogP contribution is 2.20. The van der Waals surface area contributed by atoms with Gasteiger partial charge in [-0.3, -0.25) is 4.79 Å². The maximum Gasteiger partial charge on any atom is 0.289 e. The number of nitrogens with zero attached hydrogens (tertiary/aromatic N) is 1. The van der Waals surface area contributed by atoms with Crippen LogP contribution in [0.5, 0.6) is 0 Å². The fourth-order valence-corrected chi connectivity index (χ4v) is 2.09. The molecule has 0 N–H and O–H groups in total. The molecule has 94 valence electrons. The van der Waals surface area contributed by atoms with Crippen LogP contribution in [0.15, 0.2) is 16.5 Å². The largest absolute Gasteiger partial charge is 0.440 e. The van der Waals surface area contributed by atoms with Gasteiger partial charge in [-0.1, -0.05) is 0 Å². The summed E-state index contributed by atoms with van der Waals surface area (Å²) in [7, 11) is 3.21. The van der Waals surface area contributed by atoms with E-state index >= 15 is 0 Å². The minimum Gasteiger partial charge on any atom is -0.440 e. The average molecular weight is 260 g/mol. The van der Waals surface area contributed by atoms with Crippen molar-refractivity contribution in [1.29, 1.82) is 0 Å². The molecule has 1 aromatic rings. The van der Waals surface area contributed by atoms with Gasteiger partial charge in [0.2, 0.25) is 0 Å². The van der Waals surface area contributed by atoms with Gasteiger partial charge in [0, 0.05) is 27.3 Å². The van der Waals surface area contributed by atoms with Crippen molar-refractivity contribution in [2.45, 2.75) is 12.2 Å². The Labute approximate surface area is 104 Å². The number of hydrogen-bond acceptors (Lipinski definition) is 4. The van der Waals surface area contributed by atoms with Crippen molar-refractivity contribution in [1.82, 2.24) is 4.90 Å². The number of ether oxygens (including phenoxy) is 2. The van der Waals surface area contributed by atoms with Crippen molar-refractivity contribution >= 4 is 17.5 Å². The van der Waals surface area contributed by atoms with E-state index in [1.807, 2.05) is 0 Å². The van der Waals surface area contributed by atoms with Gasteiger partial charge in [0.25, 0.3) is 5.91 Å². The Morgan fingerprint density at radius 1 is 1.35 bits per heavy atom. The maximum absolute atomic E-state index is 12.0. The SMILES string of the molecule is COC1CN(C(=O)c2ccc(Cl)o2)CC1OC. The summed E-state index contributed by atoms with van der Waals surface area (Å²) in [5.74, 6) is 0.0418. The maximum atomic E-state index is 12.0. The molecule has 1 amide bonds. The third kappa shape index (κ3) is 2.46. The van der Waals surface area contributed by atoms with Gasteiger partial charge >= 0.3 is 0 Å². The number of rotatable bonds is 3. The summed E-state index contributed by atoms with van der Waals surface area (Å²) in [6, 6.07) is 3.11. The van der Waals surface area contributed by atoms with Gasteiger partial charge in [-0.25, -0.2) is 0 Å². The van der Waals surface area contributed by atoms with Crippen LogP contribution in [0.1, 0.15) is 10.6 Å². The van der Waals surface area contributed by atoms with Crippen molar-refractivity contribution in [3.8, 4) is 0 Å². The predicted molar refractivity (Wildman–Crippen MR) is 61.2 cm³/mol. The molecule has 6 heteroatoms. The molecule has 2 heterocycles. The van der Waals surface area contributed by atoms with Crippen LogP contribution in [0.3, 0.4) is 0 Å². The van der Waals surface area contributed by atoms with E-state index in [0.29, 0.717) is 13.1 Å². The summed E-state index contributed by atoms with van der Waals surface area (Å²) in [5.41, 5.74) is 0. The number of likely N-dealkylation sites (tertiary alicyclic amines) is 1. The average Bonchev–Trinajstić information content (AvgIpc) is 2.93. The number of carbonyl (C=O) groups is 1. The van der Waals surface area contributed by atoms with Crippen molar-refractivity contribution in [3.05, 3.63) is 23.1 Å². The molecule has 1 aliphatic heterocycles. The minimum atomic E-state index is -0.196. The first-order valence-corrected chi connectivity index (χ1v) is 5.63. The first-order valence-electron chi connectivity index (χ1n) is 5.26. The smallest absolute Gasteiger partial charge is 0.289 e.